The van der Waals surface area contributed by atoms with Crippen LogP contribution < -0.4 is 0 Å². The van der Waals surface area contributed by atoms with Gasteiger partial charge < -0.3 is 0 Å². The molecule has 2 heterocycles. The molecule has 32 heavy (non-hydrogen) atoms. The first-order valence-electron chi connectivity index (χ1n) is 10.6. The lowest BCUT2D eigenvalue weighted by Gasteiger charge is -2.17. The van der Waals surface area contributed by atoms with Crippen LogP contribution in [0.2, 0.25) is 5.02 Å². The second-order valence-corrected chi connectivity index (χ2v) is 8.87. The van der Waals surface area contributed by atoms with E-state index < -0.39 is 31.0 Å². The van der Waals surface area contributed by atoms with Gasteiger partial charge in [0.25, 0.3) is 5.92 Å². The number of alkyl halides is 2. The largest absolute Gasteiger partial charge is 0.306 e. The summed E-state index contributed by atoms with van der Waals surface area (Å²) < 4.78 is 27.2. The number of benzene rings is 1. The van der Waals surface area contributed by atoms with Crippen LogP contribution in [0.3, 0.4) is 0 Å². The Kier molecular flexibility index (Phi) is 6.25. The number of pyridine rings is 1. The fourth-order valence-corrected chi connectivity index (χ4v) is 4.87. The third kappa shape index (κ3) is 4.66. The minimum absolute atomic E-state index is 0.0977. The van der Waals surface area contributed by atoms with Crippen molar-refractivity contribution in [3.8, 4) is 0 Å². The van der Waals surface area contributed by atoms with E-state index in [-0.39, 0.29) is 24.5 Å². The van der Waals surface area contributed by atoms with Gasteiger partial charge in [-0.3, -0.25) is 24.3 Å². The van der Waals surface area contributed by atoms with E-state index in [1.807, 2.05) is 18.2 Å². The van der Waals surface area contributed by atoms with E-state index in [0.29, 0.717) is 17.0 Å². The van der Waals surface area contributed by atoms with Crippen molar-refractivity contribution in [3.05, 3.63) is 75.4 Å². The molecule has 0 radical (unpaired) electrons. The minimum atomic E-state index is -3.06. The average molecular weight is 458 g/mol. The Hall–Kier alpha value is -2.85. The summed E-state index contributed by atoms with van der Waals surface area (Å²) in [4.78, 5) is 33.6. The minimum Gasteiger partial charge on any atom is -0.294 e. The second-order valence-electron chi connectivity index (χ2n) is 8.43. The van der Waals surface area contributed by atoms with Crippen LogP contribution in [0.25, 0.3) is 4.85 Å². The number of ketones is 1. The first-order chi connectivity index (χ1) is 15.3. The summed E-state index contributed by atoms with van der Waals surface area (Å²) in [6.45, 7) is 6.30. The summed E-state index contributed by atoms with van der Waals surface area (Å²) in [6.07, 6.45) is 3.64. The molecule has 0 spiro atoms. The summed E-state index contributed by atoms with van der Waals surface area (Å²) in [7, 11) is 0. The Morgan fingerprint density at radius 1 is 1.28 bits per heavy atom. The number of hydrogen-bond donors (Lipinski definition) is 0. The summed E-state index contributed by atoms with van der Waals surface area (Å²) >= 11 is 6.10. The molecule has 0 N–H and O–H groups in total. The number of nitrogens with zero attached hydrogens (tertiary/aromatic N) is 3. The molecular weight excluding hydrogens is 436 g/mol. The maximum absolute atomic E-state index is 13.6. The molecule has 1 saturated heterocycles. The fraction of sp³-hybridized carbons (Fsp3) is 0.417. The molecule has 8 heteroatoms. The van der Waals surface area contributed by atoms with Crippen molar-refractivity contribution in [2.75, 3.05) is 6.54 Å². The third-order valence-electron chi connectivity index (χ3n) is 6.26. The van der Waals surface area contributed by atoms with Gasteiger partial charge in [-0.2, -0.15) is 0 Å². The number of carbonyl (C=O) groups excluding carboxylic acids is 2. The van der Waals surface area contributed by atoms with Crippen LogP contribution in [0.5, 0.6) is 0 Å². The Morgan fingerprint density at radius 2 is 2.09 bits per heavy atom. The maximum atomic E-state index is 13.6. The van der Waals surface area contributed by atoms with E-state index in [2.05, 4.69) is 9.83 Å². The zero-order valence-electron chi connectivity index (χ0n) is 17.4. The molecule has 1 aliphatic heterocycles. The number of carbonyl (C=O) groups is 2. The number of fused-ring (bicyclic) bond motifs is 1. The van der Waals surface area contributed by atoms with Gasteiger partial charge in [-0.1, -0.05) is 17.7 Å². The number of aromatic nitrogens is 1. The Balaban J connectivity index is 1.43. The van der Waals surface area contributed by atoms with Gasteiger partial charge in [0.1, 0.15) is 6.42 Å². The van der Waals surface area contributed by atoms with E-state index >= 15 is 0 Å². The highest BCUT2D eigenvalue weighted by Gasteiger charge is 2.50. The van der Waals surface area contributed by atoms with Crippen LogP contribution in [0.15, 0.2) is 36.7 Å². The summed E-state index contributed by atoms with van der Waals surface area (Å²) in [6, 6.07) is 7.53. The van der Waals surface area contributed by atoms with Gasteiger partial charge in [-0.15, -0.1) is 0 Å². The number of hydrogen-bond acceptors (Lipinski definition) is 3. The lowest BCUT2D eigenvalue weighted by molar-refractivity contribution is -0.132. The van der Waals surface area contributed by atoms with E-state index in [0.717, 1.165) is 23.3 Å². The lowest BCUT2D eigenvalue weighted by atomic mass is 9.90. The second kappa shape index (κ2) is 8.95. The summed E-state index contributed by atoms with van der Waals surface area (Å²) in [5.41, 5.74) is 3.77. The topological polar surface area (TPSA) is 54.6 Å². The molecule has 0 bridgehead atoms. The molecule has 2 atom stereocenters. The number of aryl methyl sites for hydroxylation is 1. The van der Waals surface area contributed by atoms with Crippen molar-refractivity contribution in [2.45, 2.75) is 56.5 Å². The highest BCUT2D eigenvalue weighted by molar-refractivity contribution is 6.30. The lowest BCUT2D eigenvalue weighted by Crippen LogP contribution is -2.35. The number of Topliss-reactive ketones (excluding diaryl/α,β-unsaturated/α-hetero) is 1. The molecule has 1 aromatic heterocycles. The molecule has 0 saturated carbocycles. The number of likely N-dealkylation sites (tertiary alicyclic amines) is 1. The predicted molar refractivity (Wildman–Crippen MR) is 116 cm³/mol. The van der Waals surface area contributed by atoms with Gasteiger partial charge in [-0.05, 0) is 60.1 Å². The van der Waals surface area contributed by atoms with Crippen LogP contribution in [0, 0.1) is 6.57 Å². The van der Waals surface area contributed by atoms with Crippen LogP contribution in [0.1, 0.15) is 58.6 Å². The standard InChI is InChI=1S/C24H22ClF2N3O2/c1-28-22-12-24(26,27)14-30(22)23(32)7-6-21(31)20-8-9-29-13-17(20)10-15-2-3-16-11-18(25)4-5-19(15)16/h4-5,8-9,11,13,15,22H,2-3,6-7,10,12,14H2/t15?,22-/m0/s1. The Bertz CT molecular complexity index is 1100. The molecular formula is C24H22ClF2N3O2. The molecule has 1 fully saturated rings. The van der Waals surface area contributed by atoms with E-state index in [1.54, 1.807) is 12.3 Å². The van der Waals surface area contributed by atoms with Gasteiger partial charge in [0.15, 0.2) is 5.78 Å². The quantitative estimate of drug-likeness (QED) is 0.449. The maximum Gasteiger partial charge on any atom is 0.306 e. The zero-order chi connectivity index (χ0) is 22.9. The van der Waals surface area contributed by atoms with E-state index in [1.165, 1.54) is 17.3 Å². The smallest absolute Gasteiger partial charge is 0.294 e. The molecule has 2 aliphatic rings. The normalized spacial score (nSPS) is 21.2. The molecule has 1 aromatic carbocycles. The van der Waals surface area contributed by atoms with Gasteiger partial charge in [-0.25, -0.2) is 15.4 Å². The van der Waals surface area contributed by atoms with E-state index in [9.17, 15) is 18.4 Å². The first kappa shape index (κ1) is 22.3. The molecule has 166 valence electrons. The van der Waals surface area contributed by atoms with Crippen molar-refractivity contribution in [1.29, 1.82) is 0 Å². The van der Waals surface area contributed by atoms with Crippen molar-refractivity contribution in [2.24, 2.45) is 0 Å². The number of amides is 1. The first-order valence-corrected chi connectivity index (χ1v) is 10.9. The fourth-order valence-electron chi connectivity index (χ4n) is 4.68. The molecule has 4 rings (SSSR count). The Morgan fingerprint density at radius 3 is 2.88 bits per heavy atom. The van der Waals surface area contributed by atoms with Crippen LogP contribution >= 0.6 is 11.6 Å². The summed E-state index contributed by atoms with van der Waals surface area (Å²) in [5.74, 6) is -3.62. The Labute approximate surface area is 190 Å². The third-order valence-corrected chi connectivity index (χ3v) is 6.49. The highest BCUT2D eigenvalue weighted by atomic mass is 35.5. The number of rotatable bonds is 6. The van der Waals surface area contributed by atoms with Crippen LogP contribution in [-0.2, 0) is 17.6 Å². The van der Waals surface area contributed by atoms with Crippen molar-refractivity contribution >= 4 is 23.3 Å². The van der Waals surface area contributed by atoms with Gasteiger partial charge in [0, 0.05) is 35.8 Å². The molecule has 5 nitrogen and oxygen atoms in total. The average Bonchev–Trinajstić information content (AvgIpc) is 3.31. The van der Waals surface area contributed by atoms with E-state index in [4.69, 9.17) is 18.2 Å². The van der Waals surface area contributed by atoms with Crippen molar-refractivity contribution in [1.82, 2.24) is 9.88 Å². The van der Waals surface area contributed by atoms with Gasteiger partial charge in [0.05, 0.1) is 6.54 Å². The van der Waals surface area contributed by atoms with Crippen molar-refractivity contribution < 1.29 is 18.4 Å². The van der Waals surface area contributed by atoms with Gasteiger partial charge in [0.2, 0.25) is 5.91 Å². The zero-order valence-corrected chi connectivity index (χ0v) is 18.1. The van der Waals surface area contributed by atoms with Crippen molar-refractivity contribution in [3.63, 3.8) is 0 Å². The monoisotopic (exact) mass is 457 g/mol. The number of halogens is 3. The summed E-state index contributed by atoms with van der Waals surface area (Å²) in [5, 5.41) is 0.711. The molecule has 1 unspecified atom stereocenters. The SMILES string of the molecule is [C-]#[N+][C@@H]1CC(F)(F)CN1C(=O)CCC(=O)c1ccncc1CC1CCc2cc(Cl)ccc21. The van der Waals surface area contributed by atoms with Gasteiger partial charge >= 0.3 is 6.17 Å². The predicted octanol–water partition coefficient (Wildman–Crippen LogP) is 5.08. The molecule has 1 amide bonds. The molecule has 1 aliphatic carbocycles. The van der Waals surface area contributed by atoms with Crippen LogP contribution in [0.4, 0.5) is 8.78 Å². The molecule has 2 aromatic rings. The van der Waals surface area contributed by atoms with Crippen LogP contribution in [-0.4, -0.2) is 40.2 Å². The highest BCUT2D eigenvalue weighted by Crippen LogP contribution is 2.37.